The summed E-state index contributed by atoms with van der Waals surface area (Å²) in [6.45, 7) is 9.13. The van der Waals surface area contributed by atoms with Crippen molar-refractivity contribution in [1.29, 1.82) is 0 Å². The van der Waals surface area contributed by atoms with Crippen LogP contribution in [0.4, 0.5) is 13.2 Å². The number of carbonyl (C=O) groups excluding carboxylic acids is 2. The number of amides is 2. The maximum atomic E-state index is 12.8. The Labute approximate surface area is 222 Å². The highest BCUT2D eigenvalue weighted by atomic mass is 19.4. The van der Waals surface area contributed by atoms with E-state index in [4.69, 9.17) is 9.90 Å². The van der Waals surface area contributed by atoms with E-state index in [2.05, 4.69) is 46.3 Å². The van der Waals surface area contributed by atoms with E-state index < -0.39 is 12.1 Å². The highest BCUT2D eigenvalue weighted by Crippen LogP contribution is 2.33. The van der Waals surface area contributed by atoms with Gasteiger partial charge < -0.3 is 20.2 Å². The lowest BCUT2D eigenvalue weighted by Gasteiger charge is -2.26. The summed E-state index contributed by atoms with van der Waals surface area (Å²) in [5.41, 5.74) is 1.21. The van der Waals surface area contributed by atoms with Crippen LogP contribution >= 0.6 is 0 Å². The zero-order valence-corrected chi connectivity index (χ0v) is 22.3. The number of nitrogens with one attached hydrogen (secondary N) is 1. The Kier molecular flexibility index (Phi) is 10.6. The molecule has 10 heteroatoms. The van der Waals surface area contributed by atoms with E-state index in [0.717, 1.165) is 58.4 Å². The smallest absolute Gasteiger partial charge is 0.475 e. The molecule has 0 spiro atoms. The second-order valence-corrected chi connectivity index (χ2v) is 10.9. The maximum absolute atomic E-state index is 12.8. The van der Waals surface area contributed by atoms with E-state index in [9.17, 15) is 22.8 Å². The molecule has 212 valence electrons. The van der Waals surface area contributed by atoms with Crippen LogP contribution in [0.5, 0.6) is 0 Å². The molecule has 3 aliphatic rings. The zero-order chi connectivity index (χ0) is 27.9. The van der Waals surface area contributed by atoms with Gasteiger partial charge in [0, 0.05) is 44.6 Å². The van der Waals surface area contributed by atoms with Gasteiger partial charge >= 0.3 is 12.1 Å². The Bertz CT molecular complexity index is 923. The Morgan fingerprint density at radius 3 is 2.08 bits per heavy atom. The average Bonchev–Trinajstić information content (AvgIpc) is 3.63. The van der Waals surface area contributed by atoms with Gasteiger partial charge in [0.15, 0.2) is 0 Å². The first-order chi connectivity index (χ1) is 18.0. The van der Waals surface area contributed by atoms with Gasteiger partial charge in [-0.3, -0.25) is 9.59 Å². The van der Waals surface area contributed by atoms with E-state index in [1.807, 2.05) is 13.0 Å². The molecule has 7 nitrogen and oxygen atoms in total. The molecule has 0 radical (unpaired) electrons. The lowest BCUT2D eigenvalue weighted by atomic mass is 10.0. The van der Waals surface area contributed by atoms with Crippen molar-refractivity contribution in [3.63, 3.8) is 0 Å². The predicted molar refractivity (Wildman–Crippen MR) is 137 cm³/mol. The topological polar surface area (TPSA) is 90.0 Å². The van der Waals surface area contributed by atoms with E-state index in [0.29, 0.717) is 17.7 Å². The summed E-state index contributed by atoms with van der Waals surface area (Å²) in [6.07, 6.45) is 1.22. The fraction of sp³-hybridized carbons (Fsp3) is 0.679. The summed E-state index contributed by atoms with van der Waals surface area (Å²) in [5.74, 6) is -0.623. The van der Waals surface area contributed by atoms with Crippen molar-refractivity contribution in [1.82, 2.24) is 15.1 Å². The standard InChI is InChI=1S/C26H39N3O2.C2HF3O2/c1-3-19(2)26(31)29-17-22-15-28(16-23(22)18-29)14-13-24(20-9-5-4-6-10-20)27-25(30)21-11-7-8-12-21;3-2(4,5)1(6)7/h4-6,9-10,19,21-24H,3,7-8,11-18H2,1-2H3,(H,27,30);(H,6,7)/t19-,22?,23?,24?;/m0./s1. The van der Waals surface area contributed by atoms with Gasteiger partial charge in [0.25, 0.3) is 0 Å². The average molecular weight is 540 g/mol. The summed E-state index contributed by atoms with van der Waals surface area (Å²) < 4.78 is 31.7. The summed E-state index contributed by atoms with van der Waals surface area (Å²) in [7, 11) is 0. The van der Waals surface area contributed by atoms with Gasteiger partial charge in [-0.1, -0.05) is 57.0 Å². The summed E-state index contributed by atoms with van der Waals surface area (Å²) in [6, 6.07) is 10.5. The highest BCUT2D eigenvalue weighted by molar-refractivity contribution is 5.79. The van der Waals surface area contributed by atoms with Crippen molar-refractivity contribution in [2.24, 2.45) is 23.7 Å². The minimum absolute atomic E-state index is 0.0817. The molecule has 1 aliphatic carbocycles. The molecule has 2 amide bonds. The van der Waals surface area contributed by atoms with Crippen LogP contribution in [0.3, 0.4) is 0 Å². The molecule has 1 aromatic rings. The van der Waals surface area contributed by atoms with Crippen LogP contribution in [0.1, 0.15) is 64.0 Å². The molecule has 3 unspecified atom stereocenters. The zero-order valence-electron chi connectivity index (χ0n) is 22.3. The number of carboxylic acid groups (broad SMARTS) is 1. The lowest BCUT2D eigenvalue weighted by Crippen LogP contribution is -2.37. The van der Waals surface area contributed by atoms with E-state index in [1.54, 1.807) is 0 Å². The maximum Gasteiger partial charge on any atom is 0.490 e. The number of halogens is 3. The molecule has 2 saturated heterocycles. The minimum atomic E-state index is -5.08. The SMILES string of the molecule is CC[C@H](C)C(=O)N1CC2CN(CCC(NC(=O)C3CCCC3)c3ccccc3)CC2C1.O=C(O)C(F)(F)F. The number of alkyl halides is 3. The summed E-state index contributed by atoms with van der Waals surface area (Å²) in [5, 5.41) is 10.5. The van der Waals surface area contributed by atoms with Crippen LogP contribution in [0.2, 0.25) is 0 Å². The van der Waals surface area contributed by atoms with Gasteiger partial charge in [-0.2, -0.15) is 13.2 Å². The Hall–Kier alpha value is -2.62. The van der Waals surface area contributed by atoms with Crippen LogP contribution in [0, 0.1) is 23.7 Å². The third-order valence-corrected chi connectivity index (χ3v) is 8.13. The normalized spacial score (nSPS) is 23.3. The molecule has 1 saturated carbocycles. The molecule has 0 aromatic heterocycles. The molecule has 0 bridgehead atoms. The van der Waals surface area contributed by atoms with Gasteiger partial charge in [0.1, 0.15) is 0 Å². The number of aliphatic carboxylic acids is 1. The van der Waals surface area contributed by atoms with Crippen LogP contribution in [-0.4, -0.2) is 71.6 Å². The van der Waals surface area contributed by atoms with E-state index in [-0.39, 0.29) is 23.8 Å². The lowest BCUT2D eigenvalue weighted by molar-refractivity contribution is -0.192. The molecular weight excluding hydrogens is 499 g/mol. The number of nitrogens with zero attached hydrogens (tertiary/aromatic N) is 2. The number of likely N-dealkylation sites (tertiary alicyclic amines) is 2. The molecular formula is C28H40F3N3O4. The van der Waals surface area contributed by atoms with Gasteiger partial charge in [0.05, 0.1) is 6.04 Å². The van der Waals surface area contributed by atoms with Crippen molar-refractivity contribution in [3.8, 4) is 0 Å². The number of benzene rings is 1. The molecule has 2 aliphatic heterocycles. The Morgan fingerprint density at radius 2 is 1.58 bits per heavy atom. The molecule has 3 fully saturated rings. The monoisotopic (exact) mass is 539 g/mol. The number of hydrogen-bond donors (Lipinski definition) is 2. The molecule has 4 atom stereocenters. The third kappa shape index (κ3) is 8.19. The molecule has 2 heterocycles. The van der Waals surface area contributed by atoms with Crippen molar-refractivity contribution >= 4 is 17.8 Å². The van der Waals surface area contributed by atoms with Crippen LogP contribution in [0.25, 0.3) is 0 Å². The van der Waals surface area contributed by atoms with E-state index >= 15 is 0 Å². The van der Waals surface area contributed by atoms with Crippen LogP contribution in [0.15, 0.2) is 30.3 Å². The molecule has 1 aromatic carbocycles. The Morgan fingerprint density at radius 1 is 1.03 bits per heavy atom. The number of carboxylic acids is 1. The number of hydrogen-bond acceptors (Lipinski definition) is 4. The number of carbonyl (C=O) groups is 3. The first kappa shape index (κ1) is 29.9. The second kappa shape index (κ2) is 13.4. The molecule has 38 heavy (non-hydrogen) atoms. The van der Waals surface area contributed by atoms with E-state index in [1.165, 1.54) is 18.4 Å². The van der Waals surface area contributed by atoms with Gasteiger partial charge in [0.2, 0.25) is 11.8 Å². The van der Waals surface area contributed by atoms with Crippen molar-refractivity contribution in [2.75, 3.05) is 32.7 Å². The third-order valence-electron chi connectivity index (χ3n) is 8.13. The quantitative estimate of drug-likeness (QED) is 0.508. The highest BCUT2D eigenvalue weighted by Gasteiger charge is 2.42. The van der Waals surface area contributed by atoms with Gasteiger partial charge in [-0.25, -0.2) is 4.79 Å². The van der Waals surface area contributed by atoms with Crippen molar-refractivity contribution < 1.29 is 32.7 Å². The second-order valence-electron chi connectivity index (χ2n) is 10.9. The fourth-order valence-electron chi connectivity index (χ4n) is 5.74. The summed E-state index contributed by atoms with van der Waals surface area (Å²) in [4.78, 5) is 38.9. The minimum Gasteiger partial charge on any atom is -0.475 e. The first-order valence-corrected chi connectivity index (χ1v) is 13.7. The van der Waals surface area contributed by atoms with Gasteiger partial charge in [-0.15, -0.1) is 0 Å². The predicted octanol–water partition coefficient (Wildman–Crippen LogP) is 4.49. The number of rotatable bonds is 8. The first-order valence-electron chi connectivity index (χ1n) is 13.7. The summed E-state index contributed by atoms with van der Waals surface area (Å²) >= 11 is 0. The Balaban J connectivity index is 0.000000505. The number of fused-ring (bicyclic) bond motifs is 1. The van der Waals surface area contributed by atoms with Gasteiger partial charge in [-0.05, 0) is 43.1 Å². The van der Waals surface area contributed by atoms with Crippen LogP contribution < -0.4 is 5.32 Å². The largest absolute Gasteiger partial charge is 0.490 e. The fourth-order valence-corrected chi connectivity index (χ4v) is 5.74. The van der Waals surface area contributed by atoms with Crippen LogP contribution in [-0.2, 0) is 14.4 Å². The van der Waals surface area contributed by atoms with Crippen molar-refractivity contribution in [2.45, 2.75) is 64.6 Å². The molecule has 4 rings (SSSR count). The molecule has 2 N–H and O–H groups in total. The van der Waals surface area contributed by atoms with Crippen molar-refractivity contribution in [3.05, 3.63) is 35.9 Å².